The van der Waals surface area contributed by atoms with E-state index in [0.29, 0.717) is 13.0 Å². The van der Waals surface area contributed by atoms with Gasteiger partial charge in [0.1, 0.15) is 0 Å². The molecule has 0 N–H and O–H groups in total. The Morgan fingerprint density at radius 3 is 2.42 bits per heavy atom. The Morgan fingerprint density at radius 1 is 0.947 bits per heavy atom. The molecule has 3 heteroatoms. The molecule has 0 saturated carbocycles. The first-order chi connectivity index (χ1) is 9.33. The molecule has 1 aliphatic rings. The Bertz CT molecular complexity index is 620. The van der Waals surface area contributed by atoms with Gasteiger partial charge in [-0.05, 0) is 16.7 Å². The zero-order valence-electron chi connectivity index (χ0n) is 10.5. The van der Waals surface area contributed by atoms with E-state index in [-0.39, 0.29) is 5.91 Å². The molecule has 0 unspecified atom stereocenters. The first-order valence-corrected chi connectivity index (χ1v) is 6.29. The molecule has 0 fully saturated rings. The van der Waals surface area contributed by atoms with Gasteiger partial charge in [-0.3, -0.25) is 4.79 Å². The molecule has 1 amide bonds. The van der Waals surface area contributed by atoms with Crippen LogP contribution in [0.15, 0.2) is 59.7 Å². The fourth-order valence-electron chi connectivity index (χ4n) is 2.17. The Kier molecular flexibility index (Phi) is 3.11. The highest BCUT2D eigenvalue weighted by atomic mass is 16.2. The van der Waals surface area contributed by atoms with Crippen LogP contribution in [0.2, 0.25) is 0 Å². The van der Waals surface area contributed by atoms with Gasteiger partial charge in [0.25, 0.3) is 0 Å². The number of hydrogen-bond acceptors (Lipinski definition) is 2. The van der Waals surface area contributed by atoms with Crippen LogP contribution in [0.5, 0.6) is 0 Å². The topological polar surface area (TPSA) is 32.7 Å². The van der Waals surface area contributed by atoms with Crippen LogP contribution in [0.1, 0.15) is 16.7 Å². The molecule has 0 spiro atoms. The van der Waals surface area contributed by atoms with Crippen LogP contribution in [0, 0.1) is 0 Å². The number of rotatable bonds is 2. The van der Waals surface area contributed by atoms with Crippen molar-refractivity contribution >= 4 is 12.1 Å². The van der Waals surface area contributed by atoms with Crippen LogP contribution < -0.4 is 0 Å². The summed E-state index contributed by atoms with van der Waals surface area (Å²) in [5.74, 6) is 0.0471. The number of nitrogens with zero attached hydrogens (tertiary/aromatic N) is 2. The smallest absolute Gasteiger partial charge is 0.247 e. The van der Waals surface area contributed by atoms with Gasteiger partial charge in [0.2, 0.25) is 5.91 Å². The average Bonchev–Trinajstić information content (AvgIpc) is 2.46. The number of hydrogen-bond donors (Lipinski definition) is 0. The van der Waals surface area contributed by atoms with Crippen molar-refractivity contribution in [1.29, 1.82) is 0 Å². The quantitative estimate of drug-likeness (QED) is 0.754. The first-order valence-electron chi connectivity index (χ1n) is 6.29. The summed E-state index contributed by atoms with van der Waals surface area (Å²) in [6.07, 6.45) is 2.16. The maximum Gasteiger partial charge on any atom is 0.247 e. The Labute approximate surface area is 112 Å². The standard InChI is InChI=1S/C16H14N2O/c19-16-10-14-8-4-5-9-15(14)12-18(16)17-11-13-6-2-1-3-7-13/h1-9,11H,10,12H2. The maximum atomic E-state index is 12.0. The van der Waals surface area contributed by atoms with Crippen molar-refractivity contribution in [3.8, 4) is 0 Å². The Hall–Kier alpha value is -2.42. The lowest BCUT2D eigenvalue weighted by molar-refractivity contribution is -0.131. The normalized spacial score (nSPS) is 14.7. The molecule has 94 valence electrons. The number of carbonyl (C=O) groups excluding carboxylic acids is 1. The highest BCUT2D eigenvalue weighted by Crippen LogP contribution is 2.19. The maximum absolute atomic E-state index is 12.0. The highest BCUT2D eigenvalue weighted by molar-refractivity contribution is 5.84. The van der Waals surface area contributed by atoms with Gasteiger partial charge in [-0.15, -0.1) is 0 Å². The molecule has 2 aromatic rings. The largest absolute Gasteiger partial charge is 0.273 e. The molecule has 0 bridgehead atoms. The molecule has 2 aromatic carbocycles. The highest BCUT2D eigenvalue weighted by Gasteiger charge is 2.21. The minimum absolute atomic E-state index is 0.0471. The first kappa shape index (κ1) is 11.7. The van der Waals surface area contributed by atoms with Crippen LogP contribution in [0.4, 0.5) is 0 Å². The van der Waals surface area contributed by atoms with Crippen molar-refractivity contribution in [2.75, 3.05) is 0 Å². The van der Waals surface area contributed by atoms with Gasteiger partial charge in [-0.2, -0.15) is 5.10 Å². The second-order valence-electron chi connectivity index (χ2n) is 4.55. The van der Waals surface area contributed by atoms with E-state index in [1.807, 2.05) is 54.6 Å². The van der Waals surface area contributed by atoms with Gasteiger partial charge in [-0.25, -0.2) is 5.01 Å². The molecule has 19 heavy (non-hydrogen) atoms. The van der Waals surface area contributed by atoms with E-state index in [0.717, 1.165) is 11.1 Å². The van der Waals surface area contributed by atoms with Crippen LogP contribution in [0.3, 0.4) is 0 Å². The third-order valence-corrected chi connectivity index (χ3v) is 3.21. The van der Waals surface area contributed by atoms with Crippen molar-refractivity contribution in [2.24, 2.45) is 5.10 Å². The van der Waals surface area contributed by atoms with Crippen molar-refractivity contribution in [3.63, 3.8) is 0 Å². The zero-order valence-corrected chi connectivity index (χ0v) is 10.5. The minimum Gasteiger partial charge on any atom is -0.273 e. The average molecular weight is 250 g/mol. The van der Waals surface area contributed by atoms with Gasteiger partial charge in [-0.1, -0.05) is 54.6 Å². The Morgan fingerprint density at radius 2 is 1.63 bits per heavy atom. The van der Waals surface area contributed by atoms with Crippen LogP contribution in [0.25, 0.3) is 0 Å². The summed E-state index contributed by atoms with van der Waals surface area (Å²) >= 11 is 0. The lowest BCUT2D eigenvalue weighted by atomic mass is 10.0. The zero-order chi connectivity index (χ0) is 13.1. The molecule has 3 rings (SSSR count). The fraction of sp³-hybridized carbons (Fsp3) is 0.125. The van der Waals surface area contributed by atoms with Gasteiger partial charge >= 0.3 is 0 Å². The molecule has 0 radical (unpaired) electrons. The van der Waals surface area contributed by atoms with Gasteiger partial charge < -0.3 is 0 Å². The summed E-state index contributed by atoms with van der Waals surface area (Å²) in [5.41, 5.74) is 3.28. The molecule has 0 aliphatic carbocycles. The number of carbonyl (C=O) groups is 1. The number of fused-ring (bicyclic) bond motifs is 1. The third-order valence-electron chi connectivity index (χ3n) is 3.21. The van der Waals surface area contributed by atoms with E-state index in [1.54, 1.807) is 6.21 Å². The van der Waals surface area contributed by atoms with Crippen LogP contribution in [-0.4, -0.2) is 17.1 Å². The van der Waals surface area contributed by atoms with Crippen molar-refractivity contribution in [2.45, 2.75) is 13.0 Å². The van der Waals surface area contributed by atoms with Gasteiger partial charge in [0.15, 0.2) is 0 Å². The number of hydrazone groups is 1. The van der Waals surface area contributed by atoms with E-state index in [1.165, 1.54) is 10.6 Å². The summed E-state index contributed by atoms with van der Waals surface area (Å²) in [4.78, 5) is 12.0. The predicted molar refractivity (Wildman–Crippen MR) is 74.7 cm³/mol. The van der Waals surface area contributed by atoms with Gasteiger partial charge in [0, 0.05) is 0 Å². The monoisotopic (exact) mass is 250 g/mol. The number of amides is 1. The molecule has 1 heterocycles. The Balaban J connectivity index is 1.80. The molecule has 3 nitrogen and oxygen atoms in total. The SMILES string of the molecule is O=C1Cc2ccccc2CN1N=Cc1ccccc1. The minimum atomic E-state index is 0.0471. The summed E-state index contributed by atoms with van der Waals surface area (Å²) in [6.45, 7) is 0.554. The van der Waals surface area contributed by atoms with Crippen LogP contribution >= 0.6 is 0 Å². The molecular weight excluding hydrogens is 236 g/mol. The molecule has 0 saturated heterocycles. The molecule has 0 atom stereocenters. The van der Waals surface area contributed by atoms with Crippen molar-refractivity contribution in [3.05, 3.63) is 71.3 Å². The predicted octanol–water partition coefficient (Wildman–Crippen LogP) is 2.61. The fourth-order valence-corrected chi connectivity index (χ4v) is 2.17. The van der Waals surface area contributed by atoms with Gasteiger partial charge in [0.05, 0.1) is 19.2 Å². The van der Waals surface area contributed by atoms with E-state index in [4.69, 9.17) is 0 Å². The van der Waals surface area contributed by atoms with E-state index >= 15 is 0 Å². The molecule has 1 aliphatic heterocycles. The summed E-state index contributed by atoms with van der Waals surface area (Å²) in [7, 11) is 0. The summed E-state index contributed by atoms with van der Waals surface area (Å²) in [5, 5.41) is 5.83. The van der Waals surface area contributed by atoms with E-state index in [2.05, 4.69) is 5.10 Å². The van der Waals surface area contributed by atoms with Crippen LogP contribution in [-0.2, 0) is 17.8 Å². The summed E-state index contributed by atoms with van der Waals surface area (Å²) < 4.78 is 0. The second-order valence-corrected chi connectivity index (χ2v) is 4.55. The summed E-state index contributed by atoms with van der Waals surface area (Å²) in [6, 6.07) is 17.8. The third kappa shape index (κ3) is 2.55. The van der Waals surface area contributed by atoms with Crippen molar-refractivity contribution < 1.29 is 4.79 Å². The van der Waals surface area contributed by atoms with Crippen molar-refractivity contribution in [1.82, 2.24) is 5.01 Å². The number of benzene rings is 2. The van der Waals surface area contributed by atoms with E-state index in [9.17, 15) is 4.79 Å². The molecule has 0 aromatic heterocycles. The lowest BCUT2D eigenvalue weighted by Gasteiger charge is -2.24. The lowest BCUT2D eigenvalue weighted by Crippen LogP contribution is -2.32. The molecular formula is C16H14N2O. The second kappa shape index (κ2) is 5.06. The van der Waals surface area contributed by atoms with E-state index < -0.39 is 0 Å².